The Morgan fingerprint density at radius 3 is 0.792 bits per heavy atom. The highest BCUT2D eigenvalue weighted by Gasteiger charge is 2.38. The summed E-state index contributed by atoms with van der Waals surface area (Å²) in [6.07, 6.45) is 7.71. The molecule has 0 radical (unpaired) electrons. The molecule has 0 aliphatic rings. The monoisotopic (exact) mass is 991 g/mol. The van der Waals surface area contributed by atoms with Crippen molar-refractivity contribution in [3.63, 3.8) is 0 Å². The lowest BCUT2D eigenvalue weighted by Crippen LogP contribution is -2.48. The van der Waals surface area contributed by atoms with Crippen LogP contribution in [0.1, 0.15) is 70.4 Å². The zero-order valence-electron chi connectivity index (χ0n) is 43.1. The first kappa shape index (κ1) is 50.8. The van der Waals surface area contributed by atoms with Gasteiger partial charge in [-0.15, -0.1) is 0 Å². The van der Waals surface area contributed by atoms with Crippen LogP contribution in [0.3, 0.4) is 0 Å². The number of hydrogen-bond acceptors (Lipinski definition) is 1. The molecule has 4 heteroatoms. The minimum Gasteiger partial charge on any atom is -0.312 e. The summed E-state index contributed by atoms with van der Waals surface area (Å²) in [6, 6.07) is 91.3. The maximum Gasteiger partial charge on any atom is 0.0867 e. The first-order chi connectivity index (χ1) is 35.4. The van der Waals surface area contributed by atoms with Gasteiger partial charge in [0, 0.05) is 21.2 Å². The van der Waals surface area contributed by atoms with Crippen molar-refractivity contribution < 1.29 is 0 Å². The van der Waals surface area contributed by atoms with Crippen LogP contribution in [0.2, 0.25) is 18.1 Å². The molecule has 0 bridgehead atoms. The van der Waals surface area contributed by atoms with Crippen molar-refractivity contribution >= 4 is 56.3 Å². The molecule has 0 unspecified atom stereocenters. The van der Waals surface area contributed by atoms with Crippen LogP contribution in [-0.2, 0) is 0 Å². The van der Waals surface area contributed by atoms with Gasteiger partial charge in [0.15, 0.2) is 0 Å². The van der Waals surface area contributed by atoms with E-state index in [4.69, 9.17) is 0 Å². The fourth-order valence-electron chi connectivity index (χ4n) is 10.7. The van der Waals surface area contributed by atoms with Crippen molar-refractivity contribution in [3.8, 4) is 44.5 Å². The topological polar surface area (TPSA) is 3.24 Å². The molecule has 0 atom stereocenters. The average molecular weight is 992 g/mol. The largest absolute Gasteiger partial charge is 0.312 e. The average Bonchev–Trinajstić information content (AvgIpc) is 3.44. The zero-order chi connectivity index (χ0) is 49.7. The Morgan fingerprint density at radius 2 is 0.556 bits per heavy atom. The van der Waals surface area contributed by atoms with Gasteiger partial charge in [0.1, 0.15) is 0 Å². The first-order valence-electron chi connectivity index (χ1n) is 26.5. The zero-order valence-corrected chi connectivity index (χ0v) is 45.9. The maximum atomic E-state index is 2.95. The van der Waals surface area contributed by atoms with Crippen LogP contribution in [0.15, 0.2) is 231 Å². The van der Waals surface area contributed by atoms with E-state index in [0.29, 0.717) is 0 Å². The van der Waals surface area contributed by atoms with Crippen molar-refractivity contribution in [2.45, 2.75) is 91.3 Å². The molecule has 0 saturated carbocycles. The number of aryl methyl sites for hydroxylation is 2. The Morgan fingerprint density at radius 1 is 0.319 bits per heavy atom. The van der Waals surface area contributed by atoms with Gasteiger partial charge in [-0.3, -0.25) is 0 Å². The van der Waals surface area contributed by atoms with Crippen molar-refractivity contribution in [2.75, 3.05) is 4.44 Å². The molecular formula is C68H71NP2Si. The molecule has 9 rings (SSSR count). The van der Waals surface area contributed by atoms with E-state index in [1.807, 2.05) is 0 Å². The summed E-state index contributed by atoms with van der Waals surface area (Å²) in [7, 11) is -4.16. The second-order valence-corrected chi connectivity index (χ2v) is 28.7. The van der Waals surface area contributed by atoms with Crippen molar-refractivity contribution in [3.05, 3.63) is 242 Å². The van der Waals surface area contributed by atoms with Gasteiger partial charge in [0.2, 0.25) is 0 Å². The number of anilines is 1. The van der Waals surface area contributed by atoms with Crippen molar-refractivity contribution in [1.29, 1.82) is 0 Å². The van der Waals surface area contributed by atoms with Gasteiger partial charge in [-0.25, -0.2) is 0 Å². The third kappa shape index (κ3) is 11.7. The maximum absolute atomic E-state index is 2.95. The Bertz CT molecular complexity index is 2690. The molecule has 9 aromatic rings. The number of hydrogen-bond donors (Lipinski definition) is 0. The van der Waals surface area contributed by atoms with Gasteiger partial charge in [0.25, 0.3) is 0 Å². The van der Waals surface area contributed by atoms with E-state index in [0.717, 1.165) is 0 Å². The van der Waals surface area contributed by atoms with Gasteiger partial charge < -0.3 is 4.44 Å². The van der Waals surface area contributed by atoms with Gasteiger partial charge >= 0.3 is 0 Å². The minimum absolute atomic E-state index is 1.17. The van der Waals surface area contributed by atoms with E-state index >= 15 is 0 Å². The quantitative estimate of drug-likeness (QED) is 0.0512. The molecule has 0 saturated heterocycles. The third-order valence-corrected chi connectivity index (χ3v) is 25.4. The molecule has 9 aromatic carbocycles. The van der Waals surface area contributed by atoms with Crippen LogP contribution in [-0.4, -0.2) is 8.07 Å². The standard InChI is InChI=1S/C68H71NP2Si/c1-6-9-48-72(49-10-7-2,50-11-8-3)67-51-53(4)68(54(5)52-67)69(70(63-40-32-59(33-41-63)55-24-16-12-17-25-55)64-42-34-60(35-43-64)56-26-18-13-19-27-56)71(65-44-36-61(37-45-65)57-28-20-14-21-29-57)66-46-38-62(39-47-66)58-30-22-15-23-31-58/h12-47,51-52H,6-11,48-50H2,1-5H3. The lowest BCUT2D eigenvalue weighted by atomic mass is 10.1. The fourth-order valence-corrected chi connectivity index (χ4v) is 22.6. The second-order valence-electron chi connectivity index (χ2n) is 19.6. The molecule has 0 N–H and O–H groups in total. The Kier molecular flexibility index (Phi) is 17.3. The molecule has 0 spiro atoms. The molecule has 0 aliphatic heterocycles. The molecule has 362 valence electrons. The summed E-state index contributed by atoms with van der Waals surface area (Å²) in [5.74, 6) is 0. The summed E-state index contributed by atoms with van der Waals surface area (Å²) in [5.41, 5.74) is 14.1. The lowest BCUT2D eigenvalue weighted by molar-refractivity contribution is 0.800. The lowest BCUT2D eigenvalue weighted by Gasteiger charge is -2.43. The van der Waals surface area contributed by atoms with Gasteiger partial charge in [-0.2, -0.15) is 0 Å². The molecular weight excluding hydrogens is 921 g/mol. The van der Waals surface area contributed by atoms with E-state index in [1.165, 1.54) is 139 Å². The van der Waals surface area contributed by atoms with E-state index < -0.39 is 24.2 Å². The molecule has 1 nitrogen and oxygen atoms in total. The van der Waals surface area contributed by atoms with E-state index in [1.54, 1.807) is 5.19 Å². The molecule has 0 aromatic heterocycles. The molecule has 0 heterocycles. The smallest absolute Gasteiger partial charge is 0.0867 e. The molecule has 72 heavy (non-hydrogen) atoms. The predicted molar refractivity (Wildman–Crippen MR) is 323 cm³/mol. The van der Waals surface area contributed by atoms with Crippen LogP contribution in [0, 0.1) is 13.8 Å². The summed E-state index contributed by atoms with van der Waals surface area (Å²) in [6.45, 7) is 12.1. The predicted octanol–water partition coefficient (Wildman–Crippen LogP) is 17.9. The summed E-state index contributed by atoms with van der Waals surface area (Å²) < 4.78 is 2.95. The van der Waals surface area contributed by atoms with E-state index in [2.05, 4.69) is 270 Å². The van der Waals surface area contributed by atoms with Crippen LogP contribution >= 0.6 is 16.1 Å². The highest BCUT2D eigenvalue weighted by Crippen LogP contribution is 2.59. The summed E-state index contributed by atoms with van der Waals surface area (Å²) in [4.78, 5) is 0. The van der Waals surface area contributed by atoms with Crippen molar-refractivity contribution in [1.82, 2.24) is 0 Å². The number of rotatable bonds is 21. The Balaban J connectivity index is 1.31. The second kappa shape index (κ2) is 24.5. The molecule has 0 aliphatic carbocycles. The van der Waals surface area contributed by atoms with Crippen LogP contribution in [0.5, 0.6) is 0 Å². The number of unbranched alkanes of at least 4 members (excludes halogenated alkanes) is 3. The normalized spacial score (nSPS) is 11.6. The Hall–Kier alpha value is -6.14. The van der Waals surface area contributed by atoms with Gasteiger partial charge in [-0.1, -0.05) is 313 Å². The summed E-state index contributed by atoms with van der Waals surface area (Å²) in [5, 5.41) is 7.04. The summed E-state index contributed by atoms with van der Waals surface area (Å²) >= 11 is 0. The Labute approximate surface area is 435 Å². The molecule has 0 amide bonds. The molecule has 0 fully saturated rings. The van der Waals surface area contributed by atoms with E-state index in [-0.39, 0.29) is 0 Å². The highest BCUT2D eigenvalue weighted by atomic mass is 31.2. The van der Waals surface area contributed by atoms with Crippen LogP contribution in [0.4, 0.5) is 5.69 Å². The van der Waals surface area contributed by atoms with Crippen molar-refractivity contribution in [2.24, 2.45) is 0 Å². The third-order valence-electron chi connectivity index (χ3n) is 14.6. The number of benzene rings is 9. The van der Waals surface area contributed by atoms with E-state index in [9.17, 15) is 0 Å². The SMILES string of the molecule is CCCC[Si](CCCC)(CCCC)c1cc(C)c(N(P(c2ccc(-c3ccccc3)cc2)c2ccc(-c3ccccc3)cc2)P(c2ccc(-c3ccccc3)cc2)c2ccc(-c3ccccc3)cc2)c(C)c1. The highest BCUT2D eigenvalue weighted by molar-refractivity contribution is 7.90. The fraction of sp³-hybridized carbons (Fsp3) is 0.206. The van der Waals surface area contributed by atoms with Crippen LogP contribution in [0.25, 0.3) is 44.5 Å². The number of nitrogens with zero attached hydrogens (tertiary/aromatic N) is 1. The van der Waals surface area contributed by atoms with Gasteiger partial charge in [-0.05, 0) is 69.5 Å². The first-order valence-corrected chi connectivity index (χ1v) is 31.7. The van der Waals surface area contributed by atoms with Gasteiger partial charge in [0.05, 0.1) is 29.9 Å². The minimum atomic E-state index is -1.83. The van der Waals surface area contributed by atoms with Crippen LogP contribution < -0.4 is 30.8 Å².